The summed E-state index contributed by atoms with van der Waals surface area (Å²) >= 11 is 0. The van der Waals surface area contributed by atoms with E-state index in [9.17, 15) is 0 Å². The van der Waals surface area contributed by atoms with Crippen molar-refractivity contribution < 1.29 is 8.85 Å². The third-order valence-electron chi connectivity index (χ3n) is 11.4. The second-order valence-corrected chi connectivity index (χ2v) is 27.0. The summed E-state index contributed by atoms with van der Waals surface area (Å²) < 4.78 is 13.1. The van der Waals surface area contributed by atoms with Crippen LogP contribution in [0.4, 0.5) is 0 Å². The number of rotatable bonds is 21. The van der Waals surface area contributed by atoms with E-state index >= 15 is 0 Å². The maximum absolute atomic E-state index is 6.57. The Hall–Kier alpha value is -2.53. The fraction of sp³-hybridized carbons (Fsp3) is 0.619. The highest BCUT2D eigenvalue weighted by molar-refractivity contribution is 6.75. The van der Waals surface area contributed by atoms with E-state index in [1.165, 1.54) is 84.3 Å². The molecule has 0 aliphatic carbocycles. The van der Waals surface area contributed by atoms with Gasteiger partial charge in [-0.05, 0) is 136 Å². The average molecular weight is 719 g/mol. The van der Waals surface area contributed by atoms with Crippen LogP contribution >= 0.6 is 0 Å². The van der Waals surface area contributed by atoms with Crippen LogP contribution in [-0.4, -0.2) is 52.8 Å². The molecule has 2 aromatic carbocycles. The molecule has 2 aromatic heterocycles. The lowest BCUT2D eigenvalue weighted by Gasteiger charge is -2.36. The topological polar surface area (TPSA) is 74.1 Å². The van der Waals surface area contributed by atoms with Crippen LogP contribution in [0.5, 0.6) is 11.5 Å². The maximum Gasteiger partial charge on any atom is 0.250 e. The van der Waals surface area contributed by atoms with E-state index in [0.717, 1.165) is 50.5 Å². The van der Waals surface area contributed by atoms with Crippen molar-refractivity contribution >= 4 is 38.4 Å². The lowest BCUT2D eigenvalue weighted by atomic mass is 10.1. The zero-order valence-corrected chi connectivity index (χ0v) is 35.3. The number of unbranched alkanes of at least 4 members (excludes halogenated alkanes) is 7. The first-order chi connectivity index (χ1) is 23.6. The number of nitrogens with one attached hydrogen (secondary N) is 4. The third-order valence-corrected chi connectivity index (χ3v) is 20.2. The predicted molar refractivity (Wildman–Crippen MR) is 222 cm³/mol. The van der Waals surface area contributed by atoms with E-state index in [1.807, 2.05) is 0 Å². The second-order valence-electron chi connectivity index (χ2n) is 17.6. The SMILES string of the molecule is CC(C)(C)[Si](C)(C)Oc1ccc2[nH]cc(CCNCCCCCCCCCCNCCc3c[nH]c4ccc(O[Si](C)(C)C(C)(C)C)cc34)c2c1. The Kier molecular flexibility index (Phi) is 14.3. The summed E-state index contributed by atoms with van der Waals surface area (Å²) in [6.07, 6.45) is 17.0. The van der Waals surface area contributed by atoms with Crippen molar-refractivity contribution in [1.82, 2.24) is 20.6 Å². The van der Waals surface area contributed by atoms with Gasteiger partial charge in [-0.15, -0.1) is 0 Å². The average Bonchev–Trinajstić information content (AvgIpc) is 3.62. The lowest BCUT2D eigenvalue weighted by molar-refractivity contribution is 0.492. The van der Waals surface area contributed by atoms with Gasteiger partial charge in [0.15, 0.2) is 0 Å². The highest BCUT2D eigenvalue weighted by atomic mass is 28.4. The highest BCUT2D eigenvalue weighted by Gasteiger charge is 2.40. The molecule has 278 valence electrons. The molecule has 0 atom stereocenters. The summed E-state index contributed by atoms with van der Waals surface area (Å²) in [5.41, 5.74) is 5.14. The van der Waals surface area contributed by atoms with Gasteiger partial charge in [0.05, 0.1) is 0 Å². The molecule has 0 aliphatic heterocycles. The zero-order chi connectivity index (χ0) is 36.4. The number of H-pyrrole nitrogens is 2. The molecule has 0 saturated carbocycles. The van der Waals surface area contributed by atoms with Crippen LogP contribution in [0.25, 0.3) is 21.8 Å². The summed E-state index contributed by atoms with van der Waals surface area (Å²) in [6.45, 7) is 27.3. The number of benzene rings is 2. The van der Waals surface area contributed by atoms with Gasteiger partial charge in [0.2, 0.25) is 16.6 Å². The van der Waals surface area contributed by atoms with Crippen LogP contribution in [0.3, 0.4) is 0 Å². The molecule has 0 aliphatic rings. The van der Waals surface area contributed by atoms with E-state index in [1.54, 1.807) is 0 Å². The number of hydrogen-bond donors (Lipinski definition) is 4. The van der Waals surface area contributed by atoms with Crippen LogP contribution < -0.4 is 19.5 Å². The minimum absolute atomic E-state index is 0.193. The molecule has 0 amide bonds. The van der Waals surface area contributed by atoms with Gasteiger partial charge in [-0.2, -0.15) is 0 Å². The number of fused-ring (bicyclic) bond motifs is 2. The van der Waals surface area contributed by atoms with Gasteiger partial charge in [-0.25, -0.2) is 0 Å². The van der Waals surface area contributed by atoms with Gasteiger partial charge in [-0.1, -0.05) is 80.1 Å². The third kappa shape index (κ3) is 11.5. The molecular formula is C42H70N4O2Si2. The number of aromatic amines is 2. The Labute approximate surface area is 306 Å². The maximum atomic E-state index is 6.57. The second kappa shape index (κ2) is 17.8. The Morgan fingerprint density at radius 1 is 0.520 bits per heavy atom. The molecule has 0 radical (unpaired) electrons. The monoisotopic (exact) mass is 719 g/mol. The van der Waals surface area contributed by atoms with Crippen LogP contribution in [0.1, 0.15) is 104 Å². The van der Waals surface area contributed by atoms with E-state index in [0.29, 0.717) is 0 Å². The van der Waals surface area contributed by atoms with Gasteiger partial charge in [0.1, 0.15) is 11.5 Å². The first-order valence-corrected chi connectivity index (χ1v) is 25.4. The minimum Gasteiger partial charge on any atom is -0.543 e. The van der Waals surface area contributed by atoms with E-state index in [2.05, 4.69) is 137 Å². The molecule has 0 saturated heterocycles. The minimum atomic E-state index is -1.85. The van der Waals surface area contributed by atoms with E-state index < -0.39 is 16.6 Å². The standard InChI is InChI=1S/C42H70N4O2Si2/c1-41(2,3)49(7,8)47-35-19-21-39-37(29-35)33(31-45-39)23-27-43-25-17-15-13-11-12-14-16-18-26-44-28-24-34-32-46-40-22-20-36(30-38(34)40)48-50(9,10)42(4,5)6/h19-22,29-32,43-46H,11-18,23-28H2,1-10H3. The van der Waals surface area contributed by atoms with Crippen molar-refractivity contribution in [3.05, 3.63) is 59.9 Å². The van der Waals surface area contributed by atoms with Gasteiger partial charge < -0.3 is 29.5 Å². The van der Waals surface area contributed by atoms with E-state index in [-0.39, 0.29) is 10.1 Å². The smallest absolute Gasteiger partial charge is 0.250 e. The van der Waals surface area contributed by atoms with Crippen molar-refractivity contribution in [2.24, 2.45) is 0 Å². The van der Waals surface area contributed by atoms with Crippen LogP contribution in [0, 0.1) is 0 Å². The van der Waals surface area contributed by atoms with Crippen molar-refractivity contribution in [1.29, 1.82) is 0 Å². The largest absolute Gasteiger partial charge is 0.543 e. The van der Waals surface area contributed by atoms with Crippen LogP contribution in [0.2, 0.25) is 36.3 Å². The molecule has 8 heteroatoms. The molecule has 2 heterocycles. The number of hydrogen-bond acceptors (Lipinski definition) is 4. The molecule has 4 aromatic rings. The van der Waals surface area contributed by atoms with Crippen molar-refractivity contribution in [3.63, 3.8) is 0 Å². The predicted octanol–water partition coefficient (Wildman–Crippen LogP) is 11.5. The molecular weight excluding hydrogens is 649 g/mol. The zero-order valence-electron chi connectivity index (χ0n) is 33.3. The molecule has 6 nitrogen and oxygen atoms in total. The Balaban J connectivity index is 1.00. The first-order valence-electron chi connectivity index (χ1n) is 19.6. The molecule has 0 fully saturated rings. The van der Waals surface area contributed by atoms with Gasteiger partial charge >= 0.3 is 0 Å². The van der Waals surface area contributed by atoms with Gasteiger partial charge in [0, 0.05) is 34.2 Å². The summed E-state index contributed by atoms with van der Waals surface area (Å²) in [6, 6.07) is 13.1. The van der Waals surface area contributed by atoms with Crippen LogP contribution in [-0.2, 0) is 12.8 Å². The molecule has 0 unspecified atom stereocenters. The molecule has 50 heavy (non-hydrogen) atoms. The molecule has 4 rings (SSSR count). The number of aromatic nitrogens is 2. The summed E-state index contributed by atoms with van der Waals surface area (Å²) in [4.78, 5) is 6.90. The van der Waals surface area contributed by atoms with Gasteiger partial charge in [-0.3, -0.25) is 0 Å². The van der Waals surface area contributed by atoms with Crippen molar-refractivity contribution in [2.45, 2.75) is 142 Å². The fourth-order valence-corrected chi connectivity index (χ4v) is 8.05. The van der Waals surface area contributed by atoms with Crippen LogP contribution in [0.15, 0.2) is 48.8 Å². The Morgan fingerprint density at radius 3 is 1.24 bits per heavy atom. The highest BCUT2D eigenvalue weighted by Crippen LogP contribution is 2.39. The first kappa shape index (κ1) is 40.2. The van der Waals surface area contributed by atoms with Gasteiger partial charge in [0.25, 0.3) is 0 Å². The molecule has 0 spiro atoms. The summed E-state index contributed by atoms with van der Waals surface area (Å²) in [5.74, 6) is 2.02. The fourth-order valence-electron chi connectivity index (χ4n) is 6.01. The quantitative estimate of drug-likeness (QED) is 0.0511. The molecule has 0 bridgehead atoms. The molecule has 4 N–H and O–H groups in total. The normalized spacial score (nSPS) is 13.1. The summed E-state index contributed by atoms with van der Waals surface area (Å²) in [7, 11) is -3.69. The summed E-state index contributed by atoms with van der Waals surface area (Å²) in [5, 5.41) is 10.3. The van der Waals surface area contributed by atoms with Crippen molar-refractivity contribution in [3.8, 4) is 11.5 Å². The Morgan fingerprint density at radius 2 is 0.880 bits per heavy atom. The lowest BCUT2D eigenvalue weighted by Crippen LogP contribution is -2.43. The van der Waals surface area contributed by atoms with E-state index in [4.69, 9.17) is 8.85 Å². The van der Waals surface area contributed by atoms with Crippen molar-refractivity contribution in [2.75, 3.05) is 26.2 Å². The Bertz CT molecular complexity index is 1490.